The summed E-state index contributed by atoms with van der Waals surface area (Å²) in [5.41, 5.74) is 2.09. The number of hydrogen-bond acceptors (Lipinski definition) is 5. The van der Waals surface area contributed by atoms with Crippen molar-refractivity contribution in [1.29, 1.82) is 0 Å². The van der Waals surface area contributed by atoms with E-state index in [1.165, 1.54) is 11.3 Å². The number of carboxylic acid groups (broad SMARTS) is 1. The summed E-state index contributed by atoms with van der Waals surface area (Å²) in [5.74, 6) is -2.49. The molecule has 0 aromatic carbocycles. The molecule has 2 atom stereocenters. The summed E-state index contributed by atoms with van der Waals surface area (Å²) in [5, 5.41) is 12.1. The number of rotatable bonds is 4. The van der Waals surface area contributed by atoms with Gasteiger partial charge in [-0.15, -0.1) is 11.3 Å². The molecule has 2 aromatic rings. The van der Waals surface area contributed by atoms with E-state index in [1.54, 1.807) is 12.4 Å². The van der Waals surface area contributed by atoms with Crippen molar-refractivity contribution in [1.82, 2.24) is 15.2 Å². The van der Waals surface area contributed by atoms with Crippen LogP contribution in [0.5, 0.6) is 0 Å². The molecular formula is C21H22F3N3O4S. The highest BCUT2D eigenvalue weighted by atomic mass is 32.1. The minimum atomic E-state index is -5.08. The smallest absolute Gasteiger partial charge is 0.475 e. The van der Waals surface area contributed by atoms with Gasteiger partial charge in [-0.05, 0) is 54.5 Å². The number of carboxylic acids is 1. The van der Waals surface area contributed by atoms with E-state index in [2.05, 4.69) is 10.3 Å². The van der Waals surface area contributed by atoms with Gasteiger partial charge in [-0.2, -0.15) is 13.2 Å². The van der Waals surface area contributed by atoms with Crippen molar-refractivity contribution in [3.63, 3.8) is 0 Å². The molecule has 7 nitrogen and oxygen atoms in total. The van der Waals surface area contributed by atoms with Crippen molar-refractivity contribution in [2.75, 3.05) is 13.1 Å². The number of carbonyl (C=O) groups is 3. The first-order valence-electron chi connectivity index (χ1n) is 9.83. The summed E-state index contributed by atoms with van der Waals surface area (Å²) >= 11 is 1.50. The summed E-state index contributed by atoms with van der Waals surface area (Å²) in [6.07, 6.45) is 0.194. The minimum Gasteiger partial charge on any atom is -0.475 e. The van der Waals surface area contributed by atoms with E-state index >= 15 is 0 Å². The second-order valence-electron chi connectivity index (χ2n) is 7.90. The van der Waals surface area contributed by atoms with Gasteiger partial charge in [0.1, 0.15) is 0 Å². The Bertz CT molecular complexity index is 996. The molecule has 3 heterocycles. The van der Waals surface area contributed by atoms with E-state index in [-0.39, 0.29) is 23.1 Å². The number of aryl methyl sites for hydroxylation is 1. The second kappa shape index (κ2) is 9.27. The fourth-order valence-electron chi connectivity index (χ4n) is 3.79. The van der Waals surface area contributed by atoms with Gasteiger partial charge < -0.3 is 15.3 Å². The quantitative estimate of drug-likeness (QED) is 0.716. The third-order valence-electron chi connectivity index (χ3n) is 5.69. The molecule has 1 spiro atoms. The van der Waals surface area contributed by atoms with Gasteiger partial charge in [0.15, 0.2) is 0 Å². The lowest BCUT2D eigenvalue weighted by Crippen LogP contribution is -2.31. The molecule has 172 valence electrons. The highest BCUT2D eigenvalue weighted by Crippen LogP contribution is 2.58. The van der Waals surface area contributed by atoms with Gasteiger partial charge >= 0.3 is 12.1 Å². The Kier molecular flexibility index (Phi) is 6.87. The summed E-state index contributed by atoms with van der Waals surface area (Å²) < 4.78 is 31.7. The highest BCUT2D eigenvalue weighted by molar-refractivity contribution is 7.12. The first-order valence-corrected chi connectivity index (χ1v) is 10.7. The van der Waals surface area contributed by atoms with Gasteiger partial charge in [-0.3, -0.25) is 14.6 Å². The predicted molar refractivity (Wildman–Crippen MR) is 110 cm³/mol. The van der Waals surface area contributed by atoms with E-state index in [1.807, 2.05) is 35.4 Å². The number of alkyl halides is 3. The Labute approximate surface area is 186 Å². The molecule has 4 rings (SSSR count). The van der Waals surface area contributed by atoms with Gasteiger partial charge in [0.25, 0.3) is 5.91 Å². The van der Waals surface area contributed by atoms with Crippen LogP contribution in [0.2, 0.25) is 0 Å². The molecule has 2 amide bonds. The van der Waals surface area contributed by atoms with Gasteiger partial charge in [-0.1, -0.05) is 0 Å². The summed E-state index contributed by atoms with van der Waals surface area (Å²) in [4.78, 5) is 40.8. The number of aliphatic carboxylic acids is 1. The third kappa shape index (κ3) is 5.45. The lowest BCUT2D eigenvalue weighted by atomic mass is 10.0. The van der Waals surface area contributed by atoms with Crippen molar-refractivity contribution >= 4 is 29.1 Å². The maximum absolute atomic E-state index is 12.7. The van der Waals surface area contributed by atoms with Gasteiger partial charge in [0.2, 0.25) is 5.91 Å². The second-order valence-corrected chi connectivity index (χ2v) is 8.82. The molecule has 11 heteroatoms. The van der Waals surface area contributed by atoms with Crippen LogP contribution in [0, 0.1) is 18.3 Å². The molecule has 1 aliphatic carbocycles. The molecule has 1 saturated carbocycles. The Morgan fingerprint density at radius 3 is 2.50 bits per heavy atom. The molecular weight excluding hydrogens is 447 g/mol. The van der Waals surface area contributed by atoms with Crippen LogP contribution < -0.4 is 5.32 Å². The van der Waals surface area contributed by atoms with Crippen molar-refractivity contribution in [2.45, 2.75) is 32.5 Å². The zero-order valence-corrected chi connectivity index (χ0v) is 18.0. The van der Waals surface area contributed by atoms with E-state index in [0.717, 1.165) is 35.4 Å². The van der Waals surface area contributed by atoms with Crippen molar-refractivity contribution < 1.29 is 32.7 Å². The molecule has 2 N–H and O–H groups in total. The zero-order valence-electron chi connectivity index (χ0n) is 17.2. The summed E-state index contributed by atoms with van der Waals surface area (Å²) in [6, 6.07) is 5.79. The average Bonchev–Trinajstić information content (AvgIpc) is 3.05. The van der Waals surface area contributed by atoms with Crippen LogP contribution in [-0.2, 0) is 16.1 Å². The van der Waals surface area contributed by atoms with Crippen molar-refractivity contribution in [3.05, 3.63) is 52.0 Å². The monoisotopic (exact) mass is 469 g/mol. The fraction of sp³-hybridized carbons (Fsp3) is 0.429. The number of thiophene rings is 1. The third-order valence-corrected chi connectivity index (χ3v) is 6.70. The van der Waals surface area contributed by atoms with E-state index in [9.17, 15) is 22.8 Å². The first-order chi connectivity index (χ1) is 15.0. The normalized spacial score (nSPS) is 21.6. The van der Waals surface area contributed by atoms with Crippen LogP contribution in [0.25, 0.3) is 0 Å². The number of halogens is 3. The lowest BCUT2D eigenvalue weighted by molar-refractivity contribution is -0.192. The maximum Gasteiger partial charge on any atom is 0.490 e. The largest absolute Gasteiger partial charge is 0.490 e. The maximum atomic E-state index is 12.7. The topological polar surface area (TPSA) is 99.6 Å². The summed E-state index contributed by atoms with van der Waals surface area (Å²) in [7, 11) is 0. The number of hydrogen-bond donors (Lipinski definition) is 2. The SMILES string of the molecule is Cc1ccsc1C(=O)N1CCC2(CC2C(=O)NCc2ccncc2)C1.O=C(O)C(F)(F)F. The standard InChI is InChI=1S/C19H21N3O2S.C2HF3O2/c1-13-4-9-25-16(13)18(24)22-8-5-19(12-22)10-15(19)17(23)21-11-14-2-6-20-7-3-14;3-2(4,5)1(6)7/h2-4,6-7,9,15H,5,8,10-12H2,1H3,(H,21,23);(H,6,7). The molecule has 1 saturated heterocycles. The molecule has 32 heavy (non-hydrogen) atoms. The molecule has 0 radical (unpaired) electrons. The predicted octanol–water partition coefficient (Wildman–Crippen LogP) is 3.25. The van der Waals surface area contributed by atoms with Crippen molar-refractivity contribution in [3.8, 4) is 0 Å². The molecule has 0 bridgehead atoms. The average molecular weight is 469 g/mol. The first kappa shape index (κ1) is 23.7. The van der Waals surface area contributed by atoms with Crippen LogP contribution in [0.15, 0.2) is 36.0 Å². The van der Waals surface area contributed by atoms with Gasteiger partial charge in [-0.25, -0.2) is 4.79 Å². The Balaban J connectivity index is 0.000000360. The van der Waals surface area contributed by atoms with Crippen LogP contribution in [0.3, 0.4) is 0 Å². The Morgan fingerprint density at radius 1 is 1.28 bits per heavy atom. The van der Waals surface area contributed by atoms with Gasteiger partial charge in [0, 0.05) is 43.4 Å². The summed E-state index contributed by atoms with van der Waals surface area (Å²) in [6.45, 7) is 3.97. The molecule has 1 aliphatic heterocycles. The molecule has 2 aromatic heterocycles. The Morgan fingerprint density at radius 2 is 1.94 bits per heavy atom. The van der Waals surface area contributed by atoms with Crippen molar-refractivity contribution in [2.24, 2.45) is 11.3 Å². The van der Waals surface area contributed by atoms with Crippen LogP contribution >= 0.6 is 11.3 Å². The Hall–Kier alpha value is -2.95. The van der Waals surface area contributed by atoms with Crippen LogP contribution in [-0.4, -0.2) is 52.0 Å². The van der Waals surface area contributed by atoms with E-state index in [0.29, 0.717) is 13.1 Å². The number of amides is 2. The number of pyridine rings is 1. The fourth-order valence-corrected chi connectivity index (χ4v) is 4.68. The van der Waals surface area contributed by atoms with Crippen LogP contribution in [0.4, 0.5) is 13.2 Å². The van der Waals surface area contributed by atoms with Gasteiger partial charge in [0.05, 0.1) is 4.88 Å². The number of carbonyl (C=O) groups excluding carboxylic acids is 2. The highest BCUT2D eigenvalue weighted by Gasteiger charge is 2.61. The lowest BCUT2D eigenvalue weighted by Gasteiger charge is -2.16. The molecule has 2 aliphatic rings. The number of likely N-dealkylation sites (tertiary alicyclic amines) is 1. The van der Waals surface area contributed by atoms with E-state index < -0.39 is 12.1 Å². The van der Waals surface area contributed by atoms with Crippen LogP contribution in [0.1, 0.15) is 33.6 Å². The zero-order chi connectivity index (χ0) is 23.5. The number of nitrogens with zero attached hydrogens (tertiary/aromatic N) is 2. The molecule has 2 fully saturated rings. The number of nitrogens with one attached hydrogen (secondary N) is 1. The molecule has 2 unspecified atom stereocenters. The minimum absolute atomic E-state index is 0.00313. The number of aromatic nitrogens is 1. The van der Waals surface area contributed by atoms with E-state index in [4.69, 9.17) is 9.90 Å².